The molecule has 1 unspecified atom stereocenters. The summed E-state index contributed by atoms with van der Waals surface area (Å²) in [4.78, 5) is 4.33. The molecule has 0 amide bonds. The van der Waals surface area contributed by atoms with Gasteiger partial charge in [0.15, 0.2) is 0 Å². The zero-order valence-electron chi connectivity index (χ0n) is 11.7. The van der Waals surface area contributed by atoms with Gasteiger partial charge in [0.2, 0.25) is 0 Å². The Morgan fingerprint density at radius 2 is 1.78 bits per heavy atom. The van der Waals surface area contributed by atoms with Crippen LogP contribution in [0.1, 0.15) is 46.4 Å². The van der Waals surface area contributed by atoms with E-state index in [9.17, 15) is 0 Å². The summed E-state index contributed by atoms with van der Waals surface area (Å²) in [5.74, 6) is 0. The molecule has 2 N–H and O–H groups in total. The molecule has 2 heterocycles. The van der Waals surface area contributed by atoms with E-state index in [-0.39, 0.29) is 17.2 Å². The lowest BCUT2D eigenvalue weighted by atomic mass is 9.76. The van der Waals surface area contributed by atoms with Gasteiger partial charge in [0.25, 0.3) is 0 Å². The van der Waals surface area contributed by atoms with Crippen LogP contribution >= 0.6 is 0 Å². The second kappa shape index (κ2) is 4.33. The van der Waals surface area contributed by atoms with E-state index in [1.807, 2.05) is 46.8 Å². The number of pyridine rings is 1. The number of nitrogens with zero attached hydrogens (tertiary/aromatic N) is 1. The molecule has 1 saturated heterocycles. The lowest BCUT2D eigenvalue weighted by molar-refractivity contribution is 0.00578. The molecule has 1 aromatic heterocycles. The van der Waals surface area contributed by atoms with E-state index in [0.717, 1.165) is 11.2 Å². The van der Waals surface area contributed by atoms with Crippen LogP contribution < -0.4 is 11.2 Å². The lowest BCUT2D eigenvalue weighted by Crippen LogP contribution is -2.41. The molecule has 5 heteroatoms. The monoisotopic (exact) mass is 248 g/mol. The molecule has 0 radical (unpaired) electrons. The zero-order chi connectivity index (χ0) is 13.6. The molecular weight excluding hydrogens is 227 g/mol. The highest BCUT2D eigenvalue weighted by Crippen LogP contribution is 2.36. The molecule has 18 heavy (non-hydrogen) atoms. The maximum absolute atomic E-state index is 6.02. The third kappa shape index (κ3) is 2.18. The summed E-state index contributed by atoms with van der Waals surface area (Å²) in [5.41, 5.74) is 7.01. The first-order chi connectivity index (χ1) is 8.24. The van der Waals surface area contributed by atoms with Crippen molar-refractivity contribution in [1.29, 1.82) is 0 Å². The van der Waals surface area contributed by atoms with Gasteiger partial charge in [-0.2, -0.15) is 0 Å². The van der Waals surface area contributed by atoms with Crippen molar-refractivity contribution < 1.29 is 9.31 Å². The molecule has 2 rings (SSSR count). The van der Waals surface area contributed by atoms with Gasteiger partial charge in [-0.05, 0) is 40.7 Å². The molecule has 4 nitrogen and oxygen atoms in total. The van der Waals surface area contributed by atoms with Gasteiger partial charge in [-0.3, -0.25) is 4.98 Å². The van der Waals surface area contributed by atoms with Crippen molar-refractivity contribution in [3.05, 3.63) is 24.0 Å². The topological polar surface area (TPSA) is 57.4 Å². The normalized spacial score (nSPS) is 23.1. The minimum absolute atomic E-state index is 0.139. The first-order valence-corrected chi connectivity index (χ1v) is 6.30. The molecule has 1 atom stereocenters. The number of nitrogens with two attached hydrogens (primary N) is 1. The Balaban J connectivity index is 2.35. The van der Waals surface area contributed by atoms with Crippen LogP contribution in [0.2, 0.25) is 0 Å². The third-order valence-corrected chi connectivity index (χ3v) is 3.81. The standard InChI is InChI=1S/C13H21BN2O2/c1-9(15)11-10(7-6-8-16-11)14-17-12(2,3)13(4,5)18-14/h6-9H,15H2,1-5H3. The van der Waals surface area contributed by atoms with Crippen molar-refractivity contribution >= 4 is 12.6 Å². The van der Waals surface area contributed by atoms with Crippen molar-refractivity contribution in [1.82, 2.24) is 4.98 Å². The van der Waals surface area contributed by atoms with E-state index in [0.29, 0.717) is 0 Å². The summed E-state index contributed by atoms with van der Waals surface area (Å²) in [6.07, 6.45) is 1.74. The van der Waals surface area contributed by atoms with E-state index < -0.39 is 7.12 Å². The second-order valence-corrected chi connectivity index (χ2v) is 5.85. The van der Waals surface area contributed by atoms with E-state index in [1.165, 1.54) is 0 Å². The van der Waals surface area contributed by atoms with Crippen molar-refractivity contribution in [3.8, 4) is 0 Å². The first kappa shape index (κ1) is 13.5. The van der Waals surface area contributed by atoms with Crippen LogP contribution in [0.3, 0.4) is 0 Å². The van der Waals surface area contributed by atoms with Gasteiger partial charge in [0.05, 0.1) is 16.9 Å². The smallest absolute Gasteiger partial charge is 0.399 e. The van der Waals surface area contributed by atoms with E-state index in [2.05, 4.69) is 4.98 Å². The van der Waals surface area contributed by atoms with E-state index in [1.54, 1.807) is 6.20 Å². The van der Waals surface area contributed by atoms with Crippen LogP contribution in [0.15, 0.2) is 18.3 Å². The van der Waals surface area contributed by atoms with Crippen LogP contribution in [0.25, 0.3) is 0 Å². The summed E-state index contributed by atoms with van der Waals surface area (Å²) < 4.78 is 12.0. The molecule has 0 spiro atoms. The van der Waals surface area contributed by atoms with Gasteiger partial charge in [0.1, 0.15) is 0 Å². The summed E-state index contributed by atoms with van der Waals surface area (Å²) >= 11 is 0. The summed E-state index contributed by atoms with van der Waals surface area (Å²) in [5, 5.41) is 0. The molecule has 0 bridgehead atoms. The number of hydrogen-bond acceptors (Lipinski definition) is 4. The lowest BCUT2D eigenvalue weighted by Gasteiger charge is -2.32. The van der Waals surface area contributed by atoms with Crippen molar-refractivity contribution in [2.45, 2.75) is 51.9 Å². The van der Waals surface area contributed by atoms with Gasteiger partial charge in [-0.1, -0.05) is 6.07 Å². The molecule has 1 fully saturated rings. The second-order valence-electron chi connectivity index (χ2n) is 5.85. The highest BCUT2D eigenvalue weighted by molar-refractivity contribution is 6.62. The van der Waals surface area contributed by atoms with Crippen LogP contribution in [0.5, 0.6) is 0 Å². The van der Waals surface area contributed by atoms with Gasteiger partial charge in [0, 0.05) is 17.7 Å². The molecule has 0 aliphatic carbocycles. The Hall–Kier alpha value is -0.905. The minimum Gasteiger partial charge on any atom is -0.399 e. The minimum atomic E-state index is -0.398. The van der Waals surface area contributed by atoms with Gasteiger partial charge < -0.3 is 15.0 Å². The largest absolute Gasteiger partial charge is 0.496 e. The van der Waals surface area contributed by atoms with E-state index in [4.69, 9.17) is 15.0 Å². The van der Waals surface area contributed by atoms with Gasteiger partial charge >= 0.3 is 7.12 Å². The van der Waals surface area contributed by atoms with Crippen LogP contribution in [0.4, 0.5) is 0 Å². The predicted octanol–water partition coefficient (Wildman–Crippen LogP) is 1.40. The molecule has 0 aromatic carbocycles. The Kier molecular flexibility index (Phi) is 3.26. The van der Waals surface area contributed by atoms with Gasteiger partial charge in [-0.25, -0.2) is 0 Å². The first-order valence-electron chi connectivity index (χ1n) is 6.30. The molecular formula is C13H21BN2O2. The fraction of sp³-hybridized carbons (Fsp3) is 0.615. The SMILES string of the molecule is CC(N)c1ncccc1B1OC(C)(C)C(C)(C)O1. The Bertz CT molecular complexity index is 430. The maximum Gasteiger partial charge on any atom is 0.496 e. The fourth-order valence-corrected chi connectivity index (χ4v) is 1.98. The number of rotatable bonds is 2. The molecule has 98 valence electrons. The summed E-state index contributed by atoms with van der Waals surface area (Å²) in [7, 11) is -0.398. The predicted molar refractivity (Wildman–Crippen MR) is 72.6 cm³/mol. The van der Waals surface area contributed by atoms with Crippen LogP contribution in [-0.4, -0.2) is 23.3 Å². The fourth-order valence-electron chi connectivity index (χ4n) is 1.98. The van der Waals surface area contributed by atoms with E-state index >= 15 is 0 Å². The highest BCUT2D eigenvalue weighted by atomic mass is 16.7. The quantitative estimate of drug-likeness (QED) is 0.804. The summed E-state index contributed by atoms with van der Waals surface area (Å²) in [6.45, 7) is 10.1. The third-order valence-electron chi connectivity index (χ3n) is 3.81. The Labute approximate surface area is 109 Å². The van der Waals surface area contributed by atoms with Crippen molar-refractivity contribution in [2.24, 2.45) is 5.73 Å². The number of aromatic nitrogens is 1. The average Bonchev–Trinajstić information content (AvgIpc) is 2.48. The Morgan fingerprint density at radius 3 is 2.28 bits per heavy atom. The molecule has 1 aliphatic rings. The average molecular weight is 248 g/mol. The summed E-state index contributed by atoms with van der Waals surface area (Å²) in [6, 6.07) is 3.71. The molecule has 0 saturated carbocycles. The van der Waals surface area contributed by atoms with Crippen LogP contribution in [-0.2, 0) is 9.31 Å². The Morgan fingerprint density at radius 1 is 1.22 bits per heavy atom. The zero-order valence-corrected chi connectivity index (χ0v) is 11.7. The molecule has 1 aliphatic heterocycles. The maximum atomic E-state index is 6.02. The molecule has 1 aromatic rings. The number of hydrogen-bond donors (Lipinski definition) is 1. The van der Waals surface area contributed by atoms with Gasteiger partial charge in [-0.15, -0.1) is 0 Å². The van der Waals surface area contributed by atoms with Crippen molar-refractivity contribution in [2.75, 3.05) is 0 Å². The van der Waals surface area contributed by atoms with Crippen molar-refractivity contribution in [3.63, 3.8) is 0 Å². The van der Waals surface area contributed by atoms with Crippen LogP contribution in [0, 0.1) is 0 Å². The highest BCUT2D eigenvalue weighted by Gasteiger charge is 2.52.